The van der Waals surface area contributed by atoms with E-state index in [1.807, 2.05) is 61.5 Å². The fraction of sp³-hybridized carbons (Fsp3) is 0.345. The Kier molecular flexibility index (Phi) is 7.89. The second-order valence-corrected chi connectivity index (χ2v) is 10.7. The van der Waals surface area contributed by atoms with Crippen molar-refractivity contribution in [2.45, 2.75) is 46.6 Å². The maximum Gasteiger partial charge on any atom is 0.290 e. The molecule has 1 aliphatic rings. The molecule has 1 aromatic heterocycles. The summed E-state index contributed by atoms with van der Waals surface area (Å²) in [7, 11) is 0. The van der Waals surface area contributed by atoms with Crippen molar-refractivity contribution in [3.8, 4) is 5.75 Å². The Labute approximate surface area is 216 Å². The minimum absolute atomic E-state index is 0.0964. The van der Waals surface area contributed by atoms with Gasteiger partial charge in [0, 0.05) is 6.54 Å². The molecule has 36 heavy (non-hydrogen) atoms. The molecule has 1 amide bonds. The van der Waals surface area contributed by atoms with Gasteiger partial charge in [-0.25, -0.2) is 4.98 Å². The second-order valence-electron chi connectivity index (χ2n) is 9.48. The van der Waals surface area contributed by atoms with E-state index in [-0.39, 0.29) is 11.4 Å². The van der Waals surface area contributed by atoms with E-state index >= 15 is 0 Å². The predicted octanol–water partition coefficient (Wildman–Crippen LogP) is 6.01. The maximum atomic E-state index is 13.7. The molecular formula is C29H32N2O4S. The Morgan fingerprint density at radius 1 is 1.14 bits per heavy atom. The molecule has 0 saturated heterocycles. The summed E-state index contributed by atoms with van der Waals surface area (Å²) in [5, 5.41) is 11.7. The fourth-order valence-corrected chi connectivity index (χ4v) is 5.28. The van der Waals surface area contributed by atoms with Crippen LogP contribution in [0, 0.1) is 19.8 Å². The van der Waals surface area contributed by atoms with E-state index in [4.69, 9.17) is 4.74 Å². The lowest BCUT2D eigenvalue weighted by atomic mass is 9.94. The number of benzene rings is 2. The number of carbonyl (C=O) groups excluding carboxylic acids is 2. The molecule has 0 spiro atoms. The molecule has 2 aromatic carbocycles. The molecule has 6 nitrogen and oxygen atoms in total. The molecule has 3 aromatic rings. The molecule has 0 aliphatic carbocycles. The zero-order chi connectivity index (χ0) is 25.8. The third-order valence-corrected chi connectivity index (χ3v) is 7.35. The topological polar surface area (TPSA) is 79.7 Å². The summed E-state index contributed by atoms with van der Waals surface area (Å²) in [5.74, 6) is -0.197. The molecule has 1 atom stereocenters. The van der Waals surface area contributed by atoms with Crippen LogP contribution in [0.2, 0.25) is 0 Å². The number of aliphatic hydroxyl groups excluding tert-OH is 1. The summed E-state index contributed by atoms with van der Waals surface area (Å²) in [6, 6.07) is 16.6. The van der Waals surface area contributed by atoms with E-state index in [9.17, 15) is 14.7 Å². The Bertz CT molecular complexity index is 1280. The van der Waals surface area contributed by atoms with E-state index < -0.39 is 17.7 Å². The maximum absolute atomic E-state index is 13.7. The highest BCUT2D eigenvalue weighted by Gasteiger charge is 2.44. The first-order chi connectivity index (χ1) is 17.3. The average Bonchev–Trinajstić information content (AvgIpc) is 3.33. The number of hydrogen-bond acceptors (Lipinski definition) is 6. The number of aryl methyl sites for hydroxylation is 2. The van der Waals surface area contributed by atoms with Crippen LogP contribution in [0.5, 0.6) is 5.75 Å². The van der Waals surface area contributed by atoms with Crippen molar-refractivity contribution >= 4 is 23.0 Å². The highest BCUT2D eigenvalue weighted by molar-refractivity contribution is 7.14. The van der Waals surface area contributed by atoms with Gasteiger partial charge in [-0.2, -0.15) is 0 Å². The van der Waals surface area contributed by atoms with Gasteiger partial charge in [0.15, 0.2) is 5.76 Å². The van der Waals surface area contributed by atoms with E-state index in [1.54, 1.807) is 11.8 Å². The number of rotatable bonds is 10. The van der Waals surface area contributed by atoms with Crippen LogP contribution < -0.4 is 4.74 Å². The molecule has 1 unspecified atom stereocenters. The molecule has 188 valence electrons. The van der Waals surface area contributed by atoms with Gasteiger partial charge >= 0.3 is 0 Å². The van der Waals surface area contributed by atoms with Crippen LogP contribution in [0.3, 0.4) is 0 Å². The van der Waals surface area contributed by atoms with E-state index in [0.717, 1.165) is 22.6 Å². The van der Waals surface area contributed by atoms with Gasteiger partial charge in [-0.1, -0.05) is 56.3 Å². The fourth-order valence-electron chi connectivity index (χ4n) is 4.41. The number of hydrogen-bond donors (Lipinski definition) is 1. The predicted molar refractivity (Wildman–Crippen MR) is 142 cm³/mol. The van der Waals surface area contributed by atoms with Crippen molar-refractivity contribution in [3.05, 3.63) is 92.6 Å². The first-order valence-corrected chi connectivity index (χ1v) is 13.1. The number of ether oxygens (including phenoxy) is 1. The number of carbonyl (C=O) groups is 2. The van der Waals surface area contributed by atoms with Crippen molar-refractivity contribution in [3.63, 3.8) is 0 Å². The van der Waals surface area contributed by atoms with Crippen molar-refractivity contribution in [1.82, 2.24) is 9.88 Å². The number of ketones is 1. The molecule has 0 saturated carbocycles. The van der Waals surface area contributed by atoms with Crippen molar-refractivity contribution in [1.29, 1.82) is 0 Å². The zero-order valence-electron chi connectivity index (χ0n) is 21.2. The average molecular weight is 505 g/mol. The van der Waals surface area contributed by atoms with Gasteiger partial charge in [-0.05, 0) is 55.9 Å². The SMILES string of the molecule is Cc1nc(C)c(C(=O)C2=C(O)C(=O)N(CCc3ccccc3)C2c2cccc(OCCC(C)C)c2)s1. The molecular weight excluding hydrogens is 472 g/mol. The van der Waals surface area contributed by atoms with Crippen LogP contribution in [0.1, 0.15) is 57.8 Å². The van der Waals surface area contributed by atoms with Gasteiger partial charge in [0.1, 0.15) is 5.75 Å². The highest BCUT2D eigenvalue weighted by Crippen LogP contribution is 2.41. The van der Waals surface area contributed by atoms with Crippen LogP contribution in [-0.4, -0.2) is 39.8 Å². The quantitative estimate of drug-likeness (QED) is 0.342. The molecule has 0 fully saturated rings. The van der Waals surface area contributed by atoms with Crippen molar-refractivity contribution < 1.29 is 19.4 Å². The van der Waals surface area contributed by atoms with Crippen molar-refractivity contribution in [2.75, 3.05) is 13.2 Å². The van der Waals surface area contributed by atoms with Crippen LogP contribution in [0.25, 0.3) is 0 Å². The summed E-state index contributed by atoms with van der Waals surface area (Å²) in [4.78, 5) is 33.4. The number of Topliss-reactive ketones (excluding diaryl/α,β-unsaturated/α-hetero) is 1. The highest BCUT2D eigenvalue weighted by atomic mass is 32.1. The van der Waals surface area contributed by atoms with E-state index in [1.165, 1.54) is 11.3 Å². The van der Waals surface area contributed by atoms with Gasteiger partial charge in [0.25, 0.3) is 5.91 Å². The third kappa shape index (κ3) is 5.51. The normalized spacial score (nSPS) is 15.8. The van der Waals surface area contributed by atoms with Gasteiger partial charge in [-0.3, -0.25) is 9.59 Å². The van der Waals surface area contributed by atoms with E-state index in [2.05, 4.69) is 18.8 Å². The van der Waals surface area contributed by atoms with Gasteiger partial charge in [0.2, 0.25) is 5.78 Å². The van der Waals surface area contributed by atoms with Crippen LogP contribution in [-0.2, 0) is 11.2 Å². The number of aromatic nitrogens is 1. The third-order valence-electron chi connectivity index (χ3n) is 6.28. The minimum Gasteiger partial charge on any atom is -0.503 e. The lowest BCUT2D eigenvalue weighted by molar-refractivity contribution is -0.129. The van der Waals surface area contributed by atoms with Gasteiger partial charge < -0.3 is 14.7 Å². The summed E-state index contributed by atoms with van der Waals surface area (Å²) in [6.45, 7) is 8.83. The zero-order valence-corrected chi connectivity index (χ0v) is 22.0. The number of thiazole rings is 1. The number of aliphatic hydroxyl groups is 1. The summed E-state index contributed by atoms with van der Waals surface area (Å²) in [6.07, 6.45) is 1.52. The van der Waals surface area contributed by atoms with Crippen LogP contribution in [0.4, 0.5) is 0 Å². The molecule has 0 radical (unpaired) electrons. The van der Waals surface area contributed by atoms with Crippen molar-refractivity contribution in [2.24, 2.45) is 5.92 Å². The summed E-state index contributed by atoms with van der Waals surface area (Å²) >= 11 is 1.28. The number of amides is 1. The summed E-state index contributed by atoms with van der Waals surface area (Å²) in [5.41, 5.74) is 2.49. The Morgan fingerprint density at radius 2 is 1.89 bits per heavy atom. The smallest absolute Gasteiger partial charge is 0.290 e. The molecule has 0 bridgehead atoms. The minimum atomic E-state index is -0.718. The molecule has 2 heterocycles. The summed E-state index contributed by atoms with van der Waals surface area (Å²) < 4.78 is 5.96. The van der Waals surface area contributed by atoms with Gasteiger partial charge in [0.05, 0.1) is 33.8 Å². The molecule has 1 aliphatic heterocycles. The molecule has 7 heteroatoms. The Hall–Kier alpha value is -3.45. The molecule has 1 N–H and O–H groups in total. The van der Waals surface area contributed by atoms with Gasteiger partial charge in [-0.15, -0.1) is 11.3 Å². The largest absolute Gasteiger partial charge is 0.503 e. The Morgan fingerprint density at radius 3 is 2.56 bits per heavy atom. The lowest BCUT2D eigenvalue weighted by Gasteiger charge is -2.27. The first-order valence-electron chi connectivity index (χ1n) is 12.3. The van der Waals surface area contributed by atoms with E-state index in [0.29, 0.717) is 41.8 Å². The molecule has 4 rings (SSSR count). The monoisotopic (exact) mass is 504 g/mol. The van der Waals surface area contributed by atoms with Crippen LogP contribution in [0.15, 0.2) is 65.9 Å². The number of nitrogens with zero attached hydrogens (tertiary/aromatic N) is 2. The lowest BCUT2D eigenvalue weighted by Crippen LogP contribution is -2.33. The first kappa shape index (κ1) is 25.6. The van der Waals surface area contributed by atoms with Crippen LogP contribution >= 0.6 is 11.3 Å². The standard InChI is InChI=1S/C29H32N2O4S/c1-18(2)14-16-35-23-12-8-11-22(17-23)25-24(26(32)28-19(3)30-20(4)36-28)27(33)29(34)31(25)15-13-21-9-6-5-7-10-21/h5-12,17-18,25,33H,13-16H2,1-4H3. The Balaban J connectivity index is 1.70. The second kappa shape index (κ2) is 11.1.